The van der Waals surface area contributed by atoms with Crippen LogP contribution in [0.15, 0.2) is 47.8 Å². The quantitative estimate of drug-likeness (QED) is 0.636. The molecule has 1 fully saturated rings. The average molecular weight is 424 g/mol. The second-order valence-electron chi connectivity index (χ2n) is 7.36. The first-order valence-corrected chi connectivity index (χ1v) is 10.7. The first-order chi connectivity index (χ1) is 14.4. The van der Waals surface area contributed by atoms with E-state index in [0.717, 1.165) is 10.6 Å². The van der Waals surface area contributed by atoms with E-state index in [1.807, 2.05) is 36.6 Å². The number of aromatic nitrogens is 1. The van der Waals surface area contributed by atoms with E-state index in [2.05, 4.69) is 4.98 Å². The number of hydrogen-bond acceptors (Lipinski definition) is 4. The molecule has 1 aliphatic heterocycles. The standard InChI is InChI=1S/C23H22FN3O2S/c1-15-5-6-17(14-19(15)24)22(28)26-9-11-27(12-10-26)23(29)18-7-8-20(25-16(18)2)21-4-3-13-30-21/h3-8,13-14H,9-12H2,1-2H3. The maximum atomic E-state index is 13.8. The molecule has 7 heteroatoms. The van der Waals surface area contributed by atoms with Crippen molar-refractivity contribution in [2.75, 3.05) is 26.2 Å². The fourth-order valence-electron chi connectivity index (χ4n) is 3.54. The number of benzene rings is 1. The van der Waals surface area contributed by atoms with Crippen LogP contribution in [-0.4, -0.2) is 52.8 Å². The Balaban J connectivity index is 1.42. The molecule has 0 radical (unpaired) electrons. The minimum Gasteiger partial charge on any atom is -0.335 e. The first-order valence-electron chi connectivity index (χ1n) is 9.80. The van der Waals surface area contributed by atoms with Gasteiger partial charge in [-0.15, -0.1) is 11.3 Å². The lowest BCUT2D eigenvalue weighted by molar-refractivity contribution is 0.0534. The molecular formula is C23H22FN3O2S. The predicted octanol–water partition coefficient (Wildman–Crippen LogP) is 4.16. The molecule has 0 atom stereocenters. The monoisotopic (exact) mass is 423 g/mol. The third-order valence-electron chi connectivity index (χ3n) is 5.36. The highest BCUT2D eigenvalue weighted by atomic mass is 32.1. The van der Waals surface area contributed by atoms with Crippen LogP contribution >= 0.6 is 11.3 Å². The molecule has 1 aliphatic rings. The number of thiophene rings is 1. The fraction of sp³-hybridized carbons (Fsp3) is 0.261. The van der Waals surface area contributed by atoms with Crippen LogP contribution in [0.1, 0.15) is 32.0 Å². The van der Waals surface area contributed by atoms with E-state index in [4.69, 9.17) is 0 Å². The summed E-state index contributed by atoms with van der Waals surface area (Å²) in [6.45, 7) is 5.21. The summed E-state index contributed by atoms with van der Waals surface area (Å²) in [7, 11) is 0. The van der Waals surface area contributed by atoms with Crippen molar-refractivity contribution in [2.45, 2.75) is 13.8 Å². The van der Waals surface area contributed by atoms with Crippen molar-refractivity contribution in [2.24, 2.45) is 0 Å². The molecule has 0 spiro atoms. The molecule has 154 valence electrons. The molecule has 3 heterocycles. The number of halogens is 1. The zero-order valence-corrected chi connectivity index (χ0v) is 17.7. The summed E-state index contributed by atoms with van der Waals surface area (Å²) >= 11 is 1.61. The SMILES string of the molecule is Cc1ccc(C(=O)N2CCN(C(=O)c3ccc(-c4cccs4)nc3C)CC2)cc1F. The maximum Gasteiger partial charge on any atom is 0.255 e. The Morgan fingerprint density at radius 3 is 2.27 bits per heavy atom. The van der Waals surface area contributed by atoms with E-state index in [9.17, 15) is 14.0 Å². The van der Waals surface area contributed by atoms with Crippen LogP contribution in [0, 0.1) is 19.7 Å². The van der Waals surface area contributed by atoms with E-state index < -0.39 is 0 Å². The number of pyridine rings is 1. The summed E-state index contributed by atoms with van der Waals surface area (Å²) in [5.74, 6) is -0.672. The van der Waals surface area contributed by atoms with Crippen molar-refractivity contribution < 1.29 is 14.0 Å². The number of piperazine rings is 1. The van der Waals surface area contributed by atoms with Gasteiger partial charge in [0.25, 0.3) is 11.8 Å². The first kappa shape index (κ1) is 20.2. The molecule has 3 aromatic rings. The number of aryl methyl sites for hydroxylation is 2. The van der Waals surface area contributed by atoms with Gasteiger partial charge in [-0.3, -0.25) is 14.6 Å². The smallest absolute Gasteiger partial charge is 0.255 e. The van der Waals surface area contributed by atoms with Gasteiger partial charge in [0.2, 0.25) is 0 Å². The Labute approximate surface area is 178 Å². The molecule has 1 aromatic carbocycles. The molecule has 2 aromatic heterocycles. The van der Waals surface area contributed by atoms with Gasteiger partial charge >= 0.3 is 0 Å². The van der Waals surface area contributed by atoms with Gasteiger partial charge in [-0.2, -0.15) is 0 Å². The molecule has 0 unspecified atom stereocenters. The van der Waals surface area contributed by atoms with Crippen LogP contribution in [0.3, 0.4) is 0 Å². The summed E-state index contributed by atoms with van der Waals surface area (Å²) in [5, 5.41) is 2.00. The van der Waals surface area contributed by atoms with Gasteiger partial charge in [0.15, 0.2) is 0 Å². The topological polar surface area (TPSA) is 53.5 Å². The van der Waals surface area contributed by atoms with E-state index in [1.54, 1.807) is 40.2 Å². The summed E-state index contributed by atoms with van der Waals surface area (Å²) in [6.07, 6.45) is 0. The number of nitrogens with zero attached hydrogens (tertiary/aromatic N) is 3. The lowest BCUT2D eigenvalue weighted by atomic mass is 10.1. The van der Waals surface area contributed by atoms with Gasteiger partial charge in [-0.1, -0.05) is 12.1 Å². The number of hydrogen-bond donors (Lipinski definition) is 0. The van der Waals surface area contributed by atoms with Crippen LogP contribution < -0.4 is 0 Å². The highest BCUT2D eigenvalue weighted by Crippen LogP contribution is 2.24. The average Bonchev–Trinajstić information content (AvgIpc) is 3.30. The normalized spacial score (nSPS) is 14.1. The third-order valence-corrected chi connectivity index (χ3v) is 6.26. The molecular weight excluding hydrogens is 401 g/mol. The van der Waals surface area contributed by atoms with Crippen LogP contribution in [0.2, 0.25) is 0 Å². The maximum absolute atomic E-state index is 13.8. The highest BCUT2D eigenvalue weighted by molar-refractivity contribution is 7.13. The van der Waals surface area contributed by atoms with Crippen LogP contribution in [0.4, 0.5) is 4.39 Å². The lowest BCUT2D eigenvalue weighted by Gasteiger charge is -2.35. The Kier molecular flexibility index (Phi) is 5.63. The van der Waals surface area contributed by atoms with Crippen molar-refractivity contribution in [1.82, 2.24) is 14.8 Å². The zero-order valence-electron chi connectivity index (χ0n) is 16.9. The van der Waals surface area contributed by atoms with Crippen molar-refractivity contribution in [3.63, 3.8) is 0 Å². The van der Waals surface area contributed by atoms with Crippen molar-refractivity contribution in [3.05, 3.63) is 76.0 Å². The number of rotatable bonds is 3. The van der Waals surface area contributed by atoms with Crippen molar-refractivity contribution in [1.29, 1.82) is 0 Å². The van der Waals surface area contributed by atoms with Crippen LogP contribution in [0.25, 0.3) is 10.6 Å². The predicted molar refractivity (Wildman–Crippen MR) is 115 cm³/mol. The van der Waals surface area contributed by atoms with Gasteiger partial charge in [0, 0.05) is 31.7 Å². The Morgan fingerprint density at radius 2 is 1.67 bits per heavy atom. The van der Waals surface area contributed by atoms with E-state index in [-0.39, 0.29) is 17.6 Å². The Morgan fingerprint density at radius 1 is 0.967 bits per heavy atom. The van der Waals surface area contributed by atoms with Crippen molar-refractivity contribution in [3.8, 4) is 10.6 Å². The molecule has 0 N–H and O–H groups in total. The molecule has 0 bridgehead atoms. The molecule has 4 rings (SSSR count). The highest BCUT2D eigenvalue weighted by Gasteiger charge is 2.27. The number of carbonyl (C=O) groups is 2. The van der Waals surface area contributed by atoms with Gasteiger partial charge in [0.05, 0.1) is 21.8 Å². The molecule has 30 heavy (non-hydrogen) atoms. The summed E-state index contributed by atoms with van der Waals surface area (Å²) in [6, 6.07) is 12.2. The Bertz CT molecular complexity index is 1090. The van der Waals surface area contributed by atoms with E-state index in [1.165, 1.54) is 6.07 Å². The Hall–Kier alpha value is -3.06. The van der Waals surface area contributed by atoms with Gasteiger partial charge < -0.3 is 9.80 Å². The van der Waals surface area contributed by atoms with Gasteiger partial charge in [0.1, 0.15) is 5.82 Å². The molecule has 2 amide bonds. The summed E-state index contributed by atoms with van der Waals surface area (Å²) in [5.41, 5.74) is 2.98. The minimum absolute atomic E-state index is 0.0776. The third kappa shape index (κ3) is 3.98. The second kappa shape index (κ2) is 8.36. The lowest BCUT2D eigenvalue weighted by Crippen LogP contribution is -2.50. The van der Waals surface area contributed by atoms with Crippen molar-refractivity contribution >= 4 is 23.2 Å². The largest absolute Gasteiger partial charge is 0.335 e. The fourth-order valence-corrected chi connectivity index (χ4v) is 4.24. The number of amides is 2. The molecule has 0 aliphatic carbocycles. The van der Waals surface area contributed by atoms with Crippen LogP contribution in [0.5, 0.6) is 0 Å². The zero-order chi connectivity index (χ0) is 21.3. The summed E-state index contributed by atoms with van der Waals surface area (Å²) in [4.78, 5) is 34.7. The molecule has 0 saturated carbocycles. The van der Waals surface area contributed by atoms with Crippen LogP contribution in [-0.2, 0) is 0 Å². The minimum atomic E-state index is -0.386. The van der Waals surface area contributed by atoms with E-state index in [0.29, 0.717) is 48.6 Å². The van der Waals surface area contributed by atoms with Gasteiger partial charge in [-0.05, 0) is 55.1 Å². The second-order valence-corrected chi connectivity index (χ2v) is 8.30. The van der Waals surface area contributed by atoms with Gasteiger partial charge in [-0.25, -0.2) is 4.39 Å². The van der Waals surface area contributed by atoms with E-state index >= 15 is 0 Å². The molecule has 5 nitrogen and oxygen atoms in total. The summed E-state index contributed by atoms with van der Waals surface area (Å²) < 4.78 is 13.8. The number of carbonyl (C=O) groups excluding carboxylic acids is 2. The molecule has 1 saturated heterocycles.